The molecular formula is C19H27NO3. The summed E-state index contributed by atoms with van der Waals surface area (Å²) in [6.07, 6.45) is 5.31. The number of carbonyl (C=O) groups excluding carboxylic acids is 2. The summed E-state index contributed by atoms with van der Waals surface area (Å²) in [5.41, 5.74) is 1.40. The van der Waals surface area contributed by atoms with Crippen molar-refractivity contribution in [2.45, 2.75) is 65.4 Å². The largest absolute Gasteiger partial charge is 0.479 e. The van der Waals surface area contributed by atoms with Crippen LogP contribution in [0.2, 0.25) is 0 Å². The Bertz CT molecular complexity index is 568. The monoisotopic (exact) mass is 317 g/mol. The van der Waals surface area contributed by atoms with Crippen LogP contribution >= 0.6 is 0 Å². The molecule has 1 aliphatic heterocycles. The Labute approximate surface area is 138 Å². The Morgan fingerprint density at radius 2 is 1.96 bits per heavy atom. The van der Waals surface area contributed by atoms with E-state index in [1.807, 2.05) is 19.1 Å². The van der Waals surface area contributed by atoms with Crippen molar-refractivity contribution in [3.05, 3.63) is 23.8 Å². The highest BCUT2D eigenvalue weighted by Crippen LogP contribution is 2.35. The molecular weight excluding hydrogens is 290 g/mol. The fourth-order valence-corrected chi connectivity index (χ4v) is 2.88. The van der Waals surface area contributed by atoms with Crippen molar-refractivity contribution in [1.29, 1.82) is 0 Å². The van der Waals surface area contributed by atoms with Crippen LogP contribution in [-0.2, 0) is 4.79 Å². The van der Waals surface area contributed by atoms with E-state index in [0.717, 1.165) is 24.9 Å². The summed E-state index contributed by atoms with van der Waals surface area (Å²) >= 11 is 0. The number of Topliss-reactive ketones (excluding diaryl/α,β-unsaturated/α-hetero) is 1. The molecule has 1 aromatic carbocycles. The van der Waals surface area contributed by atoms with Crippen molar-refractivity contribution >= 4 is 17.4 Å². The van der Waals surface area contributed by atoms with Crippen molar-refractivity contribution < 1.29 is 14.3 Å². The van der Waals surface area contributed by atoms with Gasteiger partial charge in [0.15, 0.2) is 11.9 Å². The summed E-state index contributed by atoms with van der Waals surface area (Å²) in [7, 11) is 0. The number of ketones is 1. The third-order valence-corrected chi connectivity index (χ3v) is 4.20. The van der Waals surface area contributed by atoms with Crippen LogP contribution in [0.15, 0.2) is 18.2 Å². The average molecular weight is 317 g/mol. The highest BCUT2D eigenvalue weighted by atomic mass is 16.5. The van der Waals surface area contributed by atoms with Gasteiger partial charge in [-0.25, -0.2) is 0 Å². The Kier molecular flexibility index (Phi) is 6.20. The van der Waals surface area contributed by atoms with Crippen molar-refractivity contribution in [1.82, 2.24) is 0 Å². The van der Waals surface area contributed by atoms with Gasteiger partial charge in [0, 0.05) is 18.5 Å². The van der Waals surface area contributed by atoms with Crippen LogP contribution in [0.25, 0.3) is 0 Å². The summed E-state index contributed by atoms with van der Waals surface area (Å²) in [4.78, 5) is 26.4. The third kappa shape index (κ3) is 4.12. The van der Waals surface area contributed by atoms with E-state index >= 15 is 0 Å². The normalized spacial score (nSPS) is 16.9. The van der Waals surface area contributed by atoms with Gasteiger partial charge in [0.05, 0.1) is 5.69 Å². The number of rotatable bonds is 8. The molecule has 0 aliphatic carbocycles. The first kappa shape index (κ1) is 17.5. The molecule has 1 atom stereocenters. The van der Waals surface area contributed by atoms with E-state index in [4.69, 9.17) is 4.74 Å². The molecule has 1 unspecified atom stereocenters. The maximum Gasteiger partial charge on any atom is 0.267 e. The summed E-state index contributed by atoms with van der Waals surface area (Å²) in [5.74, 6) is 0.794. The Balaban J connectivity index is 2.23. The van der Waals surface area contributed by atoms with Crippen LogP contribution in [0.4, 0.5) is 5.69 Å². The molecule has 0 fully saturated rings. The number of hydrogen-bond donors (Lipinski definition) is 0. The minimum Gasteiger partial charge on any atom is -0.479 e. The Hall–Kier alpha value is -1.84. The molecule has 4 nitrogen and oxygen atoms in total. The van der Waals surface area contributed by atoms with E-state index in [2.05, 4.69) is 6.92 Å². The van der Waals surface area contributed by atoms with E-state index in [-0.39, 0.29) is 11.7 Å². The molecule has 1 heterocycles. The van der Waals surface area contributed by atoms with Crippen LogP contribution in [0.5, 0.6) is 5.75 Å². The van der Waals surface area contributed by atoms with Gasteiger partial charge < -0.3 is 9.64 Å². The molecule has 1 aromatic rings. The zero-order chi connectivity index (χ0) is 16.8. The van der Waals surface area contributed by atoms with Gasteiger partial charge >= 0.3 is 0 Å². The molecule has 0 saturated carbocycles. The Morgan fingerprint density at radius 3 is 2.65 bits per heavy atom. The first-order chi connectivity index (χ1) is 11.1. The number of fused-ring (bicyclic) bond motifs is 1. The number of carbonyl (C=O) groups is 2. The topological polar surface area (TPSA) is 46.6 Å². The molecule has 0 bridgehead atoms. The second-order valence-electron chi connectivity index (χ2n) is 6.17. The van der Waals surface area contributed by atoms with Crippen LogP contribution in [0.1, 0.15) is 69.7 Å². The second kappa shape index (κ2) is 8.14. The van der Waals surface area contributed by atoms with Gasteiger partial charge in [0.25, 0.3) is 5.91 Å². The number of nitrogens with zero attached hydrogens (tertiary/aromatic N) is 1. The molecule has 0 aromatic heterocycles. The SMILES string of the molecule is CCCCCCN1C(=O)C(C)Oc2ccc(C(=O)CCC)cc21. The number of unbranched alkanes of at least 4 members (excludes halogenated alkanes) is 3. The predicted octanol–water partition coefficient (Wildman–Crippen LogP) is 4.36. The minimum absolute atomic E-state index is 0.0194. The van der Waals surface area contributed by atoms with E-state index in [0.29, 0.717) is 24.3 Å². The summed E-state index contributed by atoms with van der Waals surface area (Å²) in [5, 5.41) is 0. The van der Waals surface area contributed by atoms with E-state index in [9.17, 15) is 9.59 Å². The van der Waals surface area contributed by atoms with Crippen molar-refractivity contribution in [2.75, 3.05) is 11.4 Å². The van der Waals surface area contributed by atoms with Crippen molar-refractivity contribution in [2.24, 2.45) is 0 Å². The number of anilines is 1. The third-order valence-electron chi connectivity index (χ3n) is 4.20. The maximum atomic E-state index is 12.5. The Morgan fingerprint density at radius 1 is 1.17 bits per heavy atom. The number of amides is 1. The molecule has 0 radical (unpaired) electrons. The number of hydrogen-bond acceptors (Lipinski definition) is 3. The molecule has 1 aliphatic rings. The van der Waals surface area contributed by atoms with Gasteiger partial charge in [-0.1, -0.05) is 33.1 Å². The molecule has 0 saturated heterocycles. The molecule has 126 valence electrons. The van der Waals surface area contributed by atoms with Gasteiger partial charge in [-0.2, -0.15) is 0 Å². The van der Waals surface area contributed by atoms with E-state index in [1.54, 1.807) is 17.9 Å². The molecule has 4 heteroatoms. The molecule has 1 amide bonds. The van der Waals surface area contributed by atoms with Gasteiger partial charge in [0.1, 0.15) is 5.75 Å². The zero-order valence-electron chi connectivity index (χ0n) is 14.4. The zero-order valence-corrected chi connectivity index (χ0v) is 14.4. The fourth-order valence-electron chi connectivity index (χ4n) is 2.88. The summed E-state index contributed by atoms with van der Waals surface area (Å²) in [6.45, 7) is 6.62. The minimum atomic E-state index is -0.467. The van der Waals surface area contributed by atoms with Crippen molar-refractivity contribution in [3.8, 4) is 5.75 Å². The lowest BCUT2D eigenvalue weighted by molar-refractivity contribution is -0.125. The standard InChI is InChI=1S/C19H27NO3/c1-4-6-7-8-12-20-16-13-15(17(21)9-5-2)10-11-18(16)23-14(3)19(20)22/h10-11,13-14H,4-9,12H2,1-3H3. The lowest BCUT2D eigenvalue weighted by Gasteiger charge is -2.33. The second-order valence-corrected chi connectivity index (χ2v) is 6.17. The highest BCUT2D eigenvalue weighted by Gasteiger charge is 2.31. The molecule has 2 rings (SSSR count). The number of benzene rings is 1. The van der Waals surface area contributed by atoms with Crippen LogP contribution in [0.3, 0.4) is 0 Å². The predicted molar refractivity (Wildman–Crippen MR) is 92.3 cm³/mol. The molecule has 0 N–H and O–H groups in total. The van der Waals surface area contributed by atoms with E-state index in [1.165, 1.54) is 12.8 Å². The fraction of sp³-hybridized carbons (Fsp3) is 0.579. The van der Waals surface area contributed by atoms with Gasteiger partial charge in [-0.3, -0.25) is 9.59 Å². The smallest absolute Gasteiger partial charge is 0.267 e. The van der Waals surface area contributed by atoms with Crippen LogP contribution < -0.4 is 9.64 Å². The summed E-state index contributed by atoms with van der Waals surface area (Å²) < 4.78 is 5.69. The van der Waals surface area contributed by atoms with Crippen LogP contribution in [-0.4, -0.2) is 24.3 Å². The molecule has 0 spiro atoms. The first-order valence-corrected chi connectivity index (χ1v) is 8.73. The first-order valence-electron chi connectivity index (χ1n) is 8.73. The lowest BCUT2D eigenvalue weighted by Crippen LogP contribution is -2.45. The number of ether oxygens (including phenoxy) is 1. The van der Waals surface area contributed by atoms with Gasteiger partial charge in [-0.05, 0) is 38.0 Å². The maximum absolute atomic E-state index is 12.5. The average Bonchev–Trinajstić information content (AvgIpc) is 2.54. The van der Waals surface area contributed by atoms with Gasteiger partial charge in [0.2, 0.25) is 0 Å². The van der Waals surface area contributed by atoms with Crippen molar-refractivity contribution in [3.63, 3.8) is 0 Å². The van der Waals surface area contributed by atoms with Crippen LogP contribution in [0, 0.1) is 0 Å². The van der Waals surface area contributed by atoms with Gasteiger partial charge in [-0.15, -0.1) is 0 Å². The summed E-state index contributed by atoms with van der Waals surface area (Å²) in [6, 6.07) is 5.44. The quantitative estimate of drug-likeness (QED) is 0.528. The lowest BCUT2D eigenvalue weighted by atomic mass is 10.0. The van der Waals surface area contributed by atoms with E-state index < -0.39 is 6.10 Å². The molecule has 23 heavy (non-hydrogen) atoms. The highest BCUT2D eigenvalue weighted by molar-refractivity contribution is 6.03.